The zero-order valence-corrected chi connectivity index (χ0v) is 35.3. The van der Waals surface area contributed by atoms with Gasteiger partial charge in [-0.2, -0.15) is 0 Å². The molecule has 0 amide bonds. The summed E-state index contributed by atoms with van der Waals surface area (Å²) in [4.78, 5) is 79.0. The molecule has 3 unspecified atom stereocenters. The van der Waals surface area contributed by atoms with Crippen molar-refractivity contribution in [1.82, 2.24) is 19.6 Å². The summed E-state index contributed by atoms with van der Waals surface area (Å²) in [6.45, 7) is -0.288. The van der Waals surface area contributed by atoms with Crippen molar-refractivity contribution in [1.29, 1.82) is 0 Å². The molecule has 0 radical (unpaired) electrons. The van der Waals surface area contributed by atoms with Gasteiger partial charge in [-0.05, 0) is 83.9 Å². The minimum atomic E-state index is -1.21. The number of aromatic carboxylic acids is 1. The molecule has 2 aromatic rings. The van der Waals surface area contributed by atoms with Crippen LogP contribution in [0.5, 0.6) is 0 Å². The minimum absolute atomic E-state index is 0.0181. The number of carbonyl (C=O) groups is 6. The lowest BCUT2D eigenvalue weighted by atomic mass is 9.77. The highest BCUT2D eigenvalue weighted by Crippen LogP contribution is 2.45. The number of ketones is 1. The standard InChI is InChI=1S/C44H48N6O13S/c51-30-6-9-33-36(19-30)63-37-20-31(52)7-10-34(37)42(33)32-8-5-28(18-35(32)43(61)62)46-44(64)45-27-3-1-26(2-4-27)17-29-21-49(24-40(57)58)14-13-47(22-38(53)54)11-12-48(23-39(55)56)15-16-50(29)25-41(59)60/h1-10,18-20,29,33,36,51H,11-17,21-25H2,(H,53,54)(H,55,56)(H,57,58)(H,59,60)(H,61,62)(H2,45,46,64). The van der Waals surface area contributed by atoms with Gasteiger partial charge in [-0.25, -0.2) is 4.79 Å². The number of rotatable bonds is 14. The molecule has 338 valence electrons. The van der Waals surface area contributed by atoms with Crippen LogP contribution in [0.1, 0.15) is 21.5 Å². The van der Waals surface area contributed by atoms with Gasteiger partial charge in [-0.3, -0.25) is 43.6 Å². The number of carboxylic acids is 5. The molecule has 0 aromatic heterocycles. The van der Waals surface area contributed by atoms with Gasteiger partial charge >= 0.3 is 29.8 Å². The SMILES string of the molecule is O=C1C=CC2=C(c3ccc(NC(=S)Nc4ccc(CC5CN(CC(=O)O)CCN(CC(=O)O)CCN(CC(=O)O)CCN5CC(=O)O)cc4)cc3C(=O)O)C3C=CC(O)=CC3OC2=C1. The van der Waals surface area contributed by atoms with Gasteiger partial charge in [0.05, 0.1) is 31.7 Å². The maximum atomic E-state index is 12.7. The predicted octanol–water partition coefficient (Wildman–Crippen LogP) is 2.47. The van der Waals surface area contributed by atoms with Crippen LogP contribution in [-0.2, 0) is 35.1 Å². The number of anilines is 2. The fourth-order valence-corrected chi connectivity index (χ4v) is 8.40. The lowest BCUT2D eigenvalue weighted by Crippen LogP contribution is -2.53. The first kappa shape index (κ1) is 46.8. The second-order valence-electron chi connectivity index (χ2n) is 15.7. The van der Waals surface area contributed by atoms with Crippen LogP contribution in [0.15, 0.2) is 96.0 Å². The van der Waals surface area contributed by atoms with E-state index >= 15 is 0 Å². The number of thiocarbonyl (C=S) groups is 1. The van der Waals surface area contributed by atoms with Crippen LogP contribution in [0, 0.1) is 5.92 Å². The second kappa shape index (κ2) is 21.1. The minimum Gasteiger partial charge on any atom is -0.508 e. The molecule has 2 heterocycles. The molecule has 1 fully saturated rings. The molecular formula is C44H48N6O13S. The molecule has 6 rings (SSSR count). The van der Waals surface area contributed by atoms with Crippen molar-refractivity contribution in [2.24, 2.45) is 5.92 Å². The summed E-state index contributed by atoms with van der Waals surface area (Å²) in [5.74, 6) is -6.12. The molecule has 64 heavy (non-hydrogen) atoms. The smallest absolute Gasteiger partial charge is 0.336 e. The fraction of sp³-hybridized carbons (Fsp3) is 0.341. The summed E-state index contributed by atoms with van der Waals surface area (Å²) in [6, 6.07) is 11.3. The van der Waals surface area contributed by atoms with Gasteiger partial charge in [-0.1, -0.05) is 24.3 Å². The van der Waals surface area contributed by atoms with Gasteiger partial charge < -0.3 is 46.0 Å². The van der Waals surface area contributed by atoms with Crippen molar-refractivity contribution in [3.63, 3.8) is 0 Å². The number of ether oxygens (including phenoxy) is 1. The highest BCUT2D eigenvalue weighted by molar-refractivity contribution is 7.80. The number of carbonyl (C=O) groups excluding carboxylic acids is 1. The number of benzene rings is 2. The Labute approximate surface area is 372 Å². The Bertz CT molecular complexity index is 2340. The van der Waals surface area contributed by atoms with Crippen LogP contribution < -0.4 is 10.6 Å². The van der Waals surface area contributed by atoms with Crippen molar-refractivity contribution in [3.05, 3.63) is 113 Å². The molecule has 0 saturated carbocycles. The summed E-state index contributed by atoms with van der Waals surface area (Å²) < 4.78 is 6.03. The lowest BCUT2D eigenvalue weighted by Gasteiger charge is -2.37. The fourth-order valence-electron chi connectivity index (χ4n) is 8.16. The summed E-state index contributed by atoms with van der Waals surface area (Å²) in [6.07, 6.45) is 8.63. The van der Waals surface area contributed by atoms with Gasteiger partial charge in [0.25, 0.3) is 0 Å². The van der Waals surface area contributed by atoms with Crippen molar-refractivity contribution in [2.75, 3.05) is 82.6 Å². The van der Waals surface area contributed by atoms with E-state index in [1.807, 2.05) is 0 Å². The number of hydrogen-bond acceptors (Lipinski definition) is 13. The quantitative estimate of drug-likeness (QED) is 0.127. The molecule has 2 aliphatic heterocycles. The average molecular weight is 901 g/mol. The Kier molecular flexibility index (Phi) is 15.4. The van der Waals surface area contributed by atoms with Gasteiger partial charge in [0, 0.05) is 80.8 Å². The third-order valence-corrected chi connectivity index (χ3v) is 11.3. The van der Waals surface area contributed by atoms with E-state index in [1.54, 1.807) is 68.1 Å². The second-order valence-corrected chi connectivity index (χ2v) is 16.1. The number of carboxylic acid groups (broad SMARTS) is 5. The highest BCUT2D eigenvalue weighted by Gasteiger charge is 2.37. The highest BCUT2D eigenvalue weighted by atomic mass is 32.1. The van der Waals surface area contributed by atoms with Crippen LogP contribution in [0.25, 0.3) is 5.57 Å². The number of hydrogen-bond donors (Lipinski definition) is 8. The number of fused-ring (bicyclic) bond motifs is 2. The zero-order chi connectivity index (χ0) is 46.1. The summed E-state index contributed by atoms with van der Waals surface area (Å²) in [5.41, 5.74) is 3.19. The largest absolute Gasteiger partial charge is 0.508 e. The van der Waals surface area contributed by atoms with Crippen LogP contribution in [0.2, 0.25) is 0 Å². The molecular weight excluding hydrogens is 853 g/mol. The van der Waals surface area contributed by atoms with E-state index in [2.05, 4.69) is 10.6 Å². The van der Waals surface area contributed by atoms with E-state index in [0.29, 0.717) is 28.1 Å². The number of aliphatic hydroxyl groups excluding tert-OH is 1. The number of nitrogens with one attached hydrogen (secondary N) is 2. The Morgan fingerprint density at radius 3 is 1.92 bits per heavy atom. The monoisotopic (exact) mass is 900 g/mol. The van der Waals surface area contributed by atoms with Crippen molar-refractivity contribution >= 4 is 69.9 Å². The van der Waals surface area contributed by atoms with E-state index in [0.717, 1.165) is 5.56 Å². The predicted molar refractivity (Wildman–Crippen MR) is 236 cm³/mol. The van der Waals surface area contributed by atoms with E-state index < -0.39 is 54.5 Å². The maximum absolute atomic E-state index is 12.7. The number of aliphatic hydroxyl groups is 1. The van der Waals surface area contributed by atoms with Crippen LogP contribution >= 0.6 is 12.2 Å². The van der Waals surface area contributed by atoms with Gasteiger partial charge in [0.1, 0.15) is 17.6 Å². The number of aliphatic carboxylic acids is 4. The molecule has 1 saturated heterocycles. The molecule has 8 N–H and O–H groups in total. The van der Waals surface area contributed by atoms with Crippen molar-refractivity contribution in [3.8, 4) is 0 Å². The normalized spacial score (nSPS) is 21.2. The summed E-state index contributed by atoms with van der Waals surface area (Å²) in [5, 5.41) is 65.5. The zero-order valence-electron chi connectivity index (χ0n) is 34.5. The third kappa shape index (κ3) is 12.7. The topological polar surface area (TPSA) is 270 Å². The van der Waals surface area contributed by atoms with E-state index in [1.165, 1.54) is 30.4 Å². The average Bonchev–Trinajstić information content (AvgIpc) is 3.21. The maximum Gasteiger partial charge on any atom is 0.336 e. The van der Waals surface area contributed by atoms with Crippen molar-refractivity contribution < 1.29 is 64.1 Å². The first-order chi connectivity index (χ1) is 30.5. The van der Waals surface area contributed by atoms with Crippen molar-refractivity contribution in [2.45, 2.75) is 18.6 Å². The van der Waals surface area contributed by atoms with Gasteiger partial charge in [0.2, 0.25) is 0 Å². The molecule has 0 bridgehead atoms. The van der Waals surface area contributed by atoms with Crippen LogP contribution in [0.3, 0.4) is 0 Å². The Balaban J connectivity index is 1.19. The Morgan fingerprint density at radius 2 is 1.30 bits per heavy atom. The van der Waals surface area contributed by atoms with Gasteiger partial charge in [0.15, 0.2) is 10.9 Å². The molecule has 20 heteroatoms. The summed E-state index contributed by atoms with van der Waals surface area (Å²) >= 11 is 5.59. The van der Waals surface area contributed by atoms with Crippen LogP contribution in [0.4, 0.5) is 11.4 Å². The molecule has 19 nitrogen and oxygen atoms in total. The van der Waals surface area contributed by atoms with E-state index in [9.17, 15) is 59.4 Å². The molecule has 2 aliphatic carbocycles. The number of nitrogens with zero attached hydrogens (tertiary/aromatic N) is 4. The van der Waals surface area contributed by atoms with Crippen LogP contribution in [-0.4, -0.2) is 175 Å². The lowest BCUT2D eigenvalue weighted by molar-refractivity contribution is -0.142. The first-order valence-electron chi connectivity index (χ1n) is 20.3. The molecule has 3 atom stereocenters. The molecule has 2 aromatic carbocycles. The number of allylic oxidation sites excluding steroid dienone is 4. The van der Waals surface area contributed by atoms with E-state index in [4.69, 9.17) is 17.0 Å². The Morgan fingerprint density at radius 1 is 0.719 bits per heavy atom. The summed E-state index contributed by atoms with van der Waals surface area (Å²) in [7, 11) is 0. The Hall–Kier alpha value is -6.71. The molecule has 0 spiro atoms. The first-order valence-corrected chi connectivity index (χ1v) is 20.7. The third-order valence-electron chi connectivity index (χ3n) is 11.1. The van der Waals surface area contributed by atoms with Gasteiger partial charge in [-0.15, -0.1) is 0 Å². The van der Waals surface area contributed by atoms with E-state index in [-0.39, 0.29) is 99.8 Å². The molecule has 4 aliphatic rings.